The van der Waals surface area contributed by atoms with Crippen LogP contribution in [-0.2, 0) is 9.59 Å². The molecule has 4 N–H and O–H groups in total. The molecule has 0 radical (unpaired) electrons. The molecule has 0 bridgehead atoms. The molecule has 7 nitrogen and oxygen atoms in total. The van der Waals surface area contributed by atoms with Crippen LogP contribution in [0.4, 0.5) is 4.79 Å². The van der Waals surface area contributed by atoms with Crippen LogP contribution in [0.25, 0.3) is 0 Å². The molecule has 0 spiro atoms. The maximum absolute atomic E-state index is 11.5. The van der Waals surface area contributed by atoms with Crippen molar-refractivity contribution in [3.05, 3.63) is 0 Å². The molecular formula is C14H25N3O4. The fraction of sp³-hybridized carbons (Fsp3) is 0.786. The Morgan fingerprint density at radius 1 is 1.19 bits per heavy atom. The largest absolute Gasteiger partial charge is 0.481 e. The van der Waals surface area contributed by atoms with Crippen LogP contribution in [0.1, 0.15) is 39.5 Å². The molecule has 0 aromatic rings. The van der Waals surface area contributed by atoms with Crippen LogP contribution in [0.15, 0.2) is 0 Å². The van der Waals surface area contributed by atoms with E-state index in [4.69, 9.17) is 5.11 Å². The Labute approximate surface area is 124 Å². The molecule has 1 saturated carbocycles. The van der Waals surface area contributed by atoms with Gasteiger partial charge in [-0.2, -0.15) is 0 Å². The number of carboxylic acid groups (broad SMARTS) is 1. The Morgan fingerprint density at radius 3 is 2.48 bits per heavy atom. The number of hydrogen-bond acceptors (Lipinski definition) is 4. The lowest BCUT2D eigenvalue weighted by Gasteiger charge is -2.28. The summed E-state index contributed by atoms with van der Waals surface area (Å²) in [6, 6.07) is -0.554. The molecule has 0 saturated heterocycles. The van der Waals surface area contributed by atoms with E-state index in [2.05, 4.69) is 16.0 Å². The van der Waals surface area contributed by atoms with E-state index in [1.165, 1.54) is 0 Å². The molecule has 1 aliphatic rings. The zero-order valence-electron chi connectivity index (χ0n) is 12.6. The Hall–Kier alpha value is -1.63. The minimum atomic E-state index is -0.762. The number of carboxylic acids is 1. The smallest absolute Gasteiger partial charge is 0.321 e. The van der Waals surface area contributed by atoms with E-state index in [9.17, 15) is 14.4 Å². The van der Waals surface area contributed by atoms with Gasteiger partial charge in [-0.15, -0.1) is 0 Å². The zero-order valence-corrected chi connectivity index (χ0v) is 12.6. The molecule has 21 heavy (non-hydrogen) atoms. The van der Waals surface area contributed by atoms with Gasteiger partial charge < -0.3 is 15.7 Å². The summed E-state index contributed by atoms with van der Waals surface area (Å²) in [5.41, 5.74) is 0. The van der Waals surface area contributed by atoms with Crippen molar-refractivity contribution in [2.24, 2.45) is 11.8 Å². The zero-order chi connectivity index (χ0) is 15.8. The molecule has 2 unspecified atom stereocenters. The van der Waals surface area contributed by atoms with Gasteiger partial charge in [-0.3, -0.25) is 14.9 Å². The van der Waals surface area contributed by atoms with Gasteiger partial charge in [0.2, 0.25) is 5.91 Å². The van der Waals surface area contributed by atoms with E-state index >= 15 is 0 Å². The maximum atomic E-state index is 11.5. The average Bonchev–Trinajstić information content (AvgIpc) is 2.37. The summed E-state index contributed by atoms with van der Waals surface area (Å²) in [6.45, 7) is 4.10. The fourth-order valence-corrected chi connectivity index (χ4v) is 2.62. The van der Waals surface area contributed by atoms with Crippen LogP contribution in [0.5, 0.6) is 0 Å². The van der Waals surface area contributed by atoms with Crippen molar-refractivity contribution in [1.82, 2.24) is 16.0 Å². The third-order valence-electron chi connectivity index (χ3n) is 3.59. The van der Waals surface area contributed by atoms with Crippen LogP contribution in [0.3, 0.4) is 0 Å². The molecule has 2 atom stereocenters. The van der Waals surface area contributed by atoms with Crippen LogP contribution in [-0.4, -0.2) is 42.1 Å². The molecule has 0 heterocycles. The van der Waals surface area contributed by atoms with E-state index < -0.39 is 17.9 Å². The predicted octanol–water partition coefficient (Wildman–Crippen LogP) is 0.701. The number of imide groups is 1. The monoisotopic (exact) mass is 299 g/mol. The van der Waals surface area contributed by atoms with Gasteiger partial charge in [0.15, 0.2) is 0 Å². The molecule has 1 fully saturated rings. The van der Waals surface area contributed by atoms with Crippen molar-refractivity contribution in [1.29, 1.82) is 0 Å². The lowest BCUT2D eigenvalue weighted by Crippen LogP contribution is -2.46. The Bertz CT molecular complexity index is 384. The fourth-order valence-electron chi connectivity index (χ4n) is 2.62. The van der Waals surface area contributed by atoms with Gasteiger partial charge in [-0.25, -0.2) is 4.79 Å². The highest BCUT2D eigenvalue weighted by molar-refractivity contribution is 5.95. The summed E-state index contributed by atoms with van der Waals surface area (Å²) in [5.74, 6) is -1.47. The second-order valence-corrected chi connectivity index (χ2v) is 5.80. The Balaban J connectivity index is 2.27. The van der Waals surface area contributed by atoms with E-state index in [0.29, 0.717) is 13.0 Å². The van der Waals surface area contributed by atoms with Gasteiger partial charge in [-0.05, 0) is 39.2 Å². The summed E-state index contributed by atoms with van der Waals surface area (Å²) in [6.07, 6.45) is 3.53. The minimum Gasteiger partial charge on any atom is -0.481 e. The highest BCUT2D eigenvalue weighted by atomic mass is 16.4. The molecule has 7 heteroatoms. The van der Waals surface area contributed by atoms with Crippen molar-refractivity contribution in [3.8, 4) is 0 Å². The molecule has 0 aromatic heterocycles. The molecular weight excluding hydrogens is 274 g/mol. The lowest BCUT2D eigenvalue weighted by atomic mass is 9.79. The summed E-state index contributed by atoms with van der Waals surface area (Å²) < 4.78 is 0. The first-order chi connectivity index (χ1) is 9.90. The molecule has 1 rings (SSSR count). The standard InChI is InChI=1S/C14H25N3O4/c1-9(2)16-14(21)17-12(18)8-15-7-10-5-3-4-6-11(10)13(19)20/h9-11,15H,3-8H2,1-2H3,(H,19,20)(H2,16,17,18,21). The summed E-state index contributed by atoms with van der Waals surface area (Å²) >= 11 is 0. The van der Waals surface area contributed by atoms with Crippen LogP contribution >= 0.6 is 0 Å². The van der Waals surface area contributed by atoms with Gasteiger partial charge in [0.1, 0.15) is 0 Å². The lowest BCUT2D eigenvalue weighted by molar-refractivity contribution is -0.144. The summed E-state index contributed by atoms with van der Waals surface area (Å²) in [5, 5.41) is 16.9. The van der Waals surface area contributed by atoms with Gasteiger partial charge in [-0.1, -0.05) is 12.8 Å². The number of hydrogen-bond donors (Lipinski definition) is 4. The van der Waals surface area contributed by atoms with E-state index in [-0.39, 0.29) is 24.4 Å². The first kappa shape index (κ1) is 17.4. The van der Waals surface area contributed by atoms with Gasteiger partial charge in [0, 0.05) is 6.04 Å². The number of carbonyl (C=O) groups is 3. The number of amides is 3. The van der Waals surface area contributed by atoms with Crippen molar-refractivity contribution in [2.75, 3.05) is 13.1 Å². The number of aliphatic carboxylic acids is 1. The van der Waals surface area contributed by atoms with E-state index in [1.807, 2.05) is 0 Å². The predicted molar refractivity (Wildman–Crippen MR) is 77.8 cm³/mol. The number of carbonyl (C=O) groups excluding carboxylic acids is 2. The third-order valence-corrected chi connectivity index (χ3v) is 3.59. The van der Waals surface area contributed by atoms with Crippen LogP contribution in [0.2, 0.25) is 0 Å². The van der Waals surface area contributed by atoms with Gasteiger partial charge in [0.05, 0.1) is 12.5 Å². The summed E-state index contributed by atoms with van der Waals surface area (Å²) in [4.78, 5) is 34.0. The minimum absolute atomic E-state index is 0.00829. The van der Waals surface area contributed by atoms with Crippen LogP contribution < -0.4 is 16.0 Å². The second kappa shape index (κ2) is 8.61. The maximum Gasteiger partial charge on any atom is 0.321 e. The molecule has 1 aliphatic carbocycles. The molecule has 3 amide bonds. The van der Waals surface area contributed by atoms with Crippen molar-refractivity contribution in [2.45, 2.75) is 45.6 Å². The normalized spacial score (nSPS) is 21.9. The highest BCUT2D eigenvalue weighted by Gasteiger charge is 2.30. The molecule has 0 aromatic carbocycles. The van der Waals surface area contributed by atoms with Gasteiger partial charge >= 0.3 is 12.0 Å². The quantitative estimate of drug-likeness (QED) is 0.577. The average molecular weight is 299 g/mol. The summed E-state index contributed by atoms with van der Waals surface area (Å²) in [7, 11) is 0. The topological polar surface area (TPSA) is 108 Å². The molecule has 0 aliphatic heterocycles. The Kier molecular flexibility index (Phi) is 7.14. The van der Waals surface area contributed by atoms with Crippen molar-refractivity contribution < 1.29 is 19.5 Å². The van der Waals surface area contributed by atoms with Crippen LogP contribution in [0, 0.1) is 11.8 Å². The van der Waals surface area contributed by atoms with E-state index in [0.717, 1.165) is 19.3 Å². The van der Waals surface area contributed by atoms with Crippen molar-refractivity contribution in [3.63, 3.8) is 0 Å². The first-order valence-electron chi connectivity index (χ1n) is 7.44. The van der Waals surface area contributed by atoms with Crippen molar-refractivity contribution >= 4 is 17.9 Å². The number of nitrogens with one attached hydrogen (secondary N) is 3. The number of urea groups is 1. The van der Waals surface area contributed by atoms with E-state index in [1.54, 1.807) is 13.8 Å². The van der Waals surface area contributed by atoms with Gasteiger partial charge in [0.25, 0.3) is 0 Å². The Morgan fingerprint density at radius 2 is 1.86 bits per heavy atom. The molecule has 120 valence electrons. The second-order valence-electron chi connectivity index (χ2n) is 5.80. The number of rotatable bonds is 6. The SMILES string of the molecule is CC(C)NC(=O)NC(=O)CNCC1CCCCC1C(=O)O. The highest BCUT2D eigenvalue weighted by Crippen LogP contribution is 2.29. The third kappa shape index (κ3) is 6.57. The first-order valence-corrected chi connectivity index (χ1v) is 7.44.